The zero-order valence-electron chi connectivity index (χ0n) is 23.6. The van der Waals surface area contributed by atoms with Crippen molar-refractivity contribution in [3.05, 3.63) is 77.4 Å². The van der Waals surface area contributed by atoms with Crippen LogP contribution in [0.4, 0.5) is 4.39 Å². The van der Waals surface area contributed by atoms with Crippen LogP contribution in [0, 0.1) is 17.2 Å². The second kappa shape index (κ2) is 10.4. The highest BCUT2D eigenvalue weighted by molar-refractivity contribution is 7.89. The van der Waals surface area contributed by atoms with E-state index in [9.17, 15) is 12.8 Å². The third-order valence-electron chi connectivity index (χ3n) is 9.09. The van der Waals surface area contributed by atoms with Gasteiger partial charge in [0.05, 0.1) is 30.0 Å². The smallest absolute Gasteiger partial charge is 0.243 e. The van der Waals surface area contributed by atoms with Crippen LogP contribution in [0.15, 0.2) is 59.6 Å². The van der Waals surface area contributed by atoms with Crippen molar-refractivity contribution < 1.29 is 17.5 Å². The van der Waals surface area contributed by atoms with Gasteiger partial charge in [0, 0.05) is 43.8 Å². The quantitative estimate of drug-likeness (QED) is 0.457. The van der Waals surface area contributed by atoms with Crippen LogP contribution >= 0.6 is 0 Å². The summed E-state index contributed by atoms with van der Waals surface area (Å²) in [4.78, 5) is 2.81. The molecule has 2 saturated heterocycles. The molecule has 214 valence electrons. The normalized spacial score (nSPS) is 24.4. The lowest BCUT2D eigenvalue weighted by atomic mass is 9.62. The molecule has 3 aliphatic rings. The third kappa shape index (κ3) is 5.13. The average Bonchev–Trinajstić information content (AvgIpc) is 3.34. The van der Waals surface area contributed by atoms with Crippen molar-refractivity contribution in [1.29, 1.82) is 0 Å². The van der Waals surface area contributed by atoms with Gasteiger partial charge in [-0.15, -0.1) is 0 Å². The number of benzene rings is 2. The fraction of sp³-hybridized carbons (Fsp3) is 0.516. The fourth-order valence-electron chi connectivity index (χ4n) is 6.80. The Morgan fingerprint density at radius 2 is 1.73 bits per heavy atom. The summed E-state index contributed by atoms with van der Waals surface area (Å²) in [5, 5.41) is 4.71. The van der Waals surface area contributed by atoms with Crippen LogP contribution in [0.1, 0.15) is 44.0 Å². The number of hydrogen-bond acceptors (Lipinski definition) is 5. The Morgan fingerprint density at radius 3 is 2.40 bits per heavy atom. The van der Waals surface area contributed by atoms with Gasteiger partial charge in [-0.3, -0.25) is 4.90 Å². The molecule has 0 saturated carbocycles. The maximum atomic E-state index is 14.0. The van der Waals surface area contributed by atoms with Crippen LogP contribution in [0.2, 0.25) is 0 Å². The van der Waals surface area contributed by atoms with Crippen molar-refractivity contribution in [2.75, 3.05) is 45.9 Å². The first-order valence-electron chi connectivity index (χ1n) is 14.3. The lowest BCUT2D eigenvalue weighted by Gasteiger charge is -2.52. The zero-order chi connectivity index (χ0) is 28.1. The van der Waals surface area contributed by atoms with Gasteiger partial charge in [0.15, 0.2) is 0 Å². The highest BCUT2D eigenvalue weighted by Gasteiger charge is 2.50. The largest absolute Gasteiger partial charge is 0.379 e. The van der Waals surface area contributed by atoms with E-state index in [0.717, 1.165) is 61.4 Å². The van der Waals surface area contributed by atoms with E-state index in [1.807, 2.05) is 23.0 Å². The Labute approximate surface area is 237 Å². The predicted octanol–water partition coefficient (Wildman–Crippen LogP) is 4.44. The van der Waals surface area contributed by atoms with Crippen LogP contribution in [0.5, 0.6) is 0 Å². The van der Waals surface area contributed by atoms with Crippen LogP contribution in [0.3, 0.4) is 0 Å². The van der Waals surface area contributed by atoms with E-state index in [-0.39, 0.29) is 16.6 Å². The molecule has 2 aromatic carbocycles. The minimum absolute atomic E-state index is 0.0407. The highest BCUT2D eigenvalue weighted by Crippen LogP contribution is 2.47. The first kappa shape index (κ1) is 27.6. The standard InChI is InChI=1S/C31H39FN4O3S/c1-30(2,3)24-4-10-28(11-5-24)40(37,38)35-13-12-25-18-29-23(20-33-36(29)27-8-6-26(32)7-9-27)19-31(25,22-35)21-34-14-16-39-17-15-34/h4-11,20,25H,12-19,21-22H2,1-3H3/t25-,31-/m0/s1. The first-order chi connectivity index (χ1) is 19.0. The van der Waals surface area contributed by atoms with Crippen LogP contribution in [-0.4, -0.2) is 73.3 Å². The number of halogens is 1. The third-order valence-corrected chi connectivity index (χ3v) is 11.0. The molecule has 0 radical (unpaired) electrons. The molecule has 0 amide bonds. The van der Waals surface area contributed by atoms with E-state index in [1.165, 1.54) is 12.1 Å². The number of morpholine rings is 1. The van der Waals surface area contributed by atoms with Gasteiger partial charge in [0.2, 0.25) is 10.0 Å². The molecule has 2 fully saturated rings. The van der Waals surface area contributed by atoms with Gasteiger partial charge in [-0.1, -0.05) is 32.9 Å². The van der Waals surface area contributed by atoms with Crippen molar-refractivity contribution in [3.63, 3.8) is 0 Å². The second-order valence-corrected chi connectivity index (χ2v) is 14.7. The molecule has 0 spiro atoms. The molecule has 0 unspecified atom stereocenters. The molecule has 2 aliphatic heterocycles. The van der Waals surface area contributed by atoms with E-state index in [0.29, 0.717) is 37.1 Å². The van der Waals surface area contributed by atoms with Crippen LogP contribution in [-0.2, 0) is 33.0 Å². The number of fused-ring (bicyclic) bond motifs is 2. The Morgan fingerprint density at radius 1 is 1.02 bits per heavy atom. The summed E-state index contributed by atoms with van der Waals surface area (Å²) in [5.41, 5.74) is 4.01. The molecular weight excluding hydrogens is 527 g/mol. The predicted molar refractivity (Wildman–Crippen MR) is 153 cm³/mol. The zero-order valence-corrected chi connectivity index (χ0v) is 24.5. The van der Waals surface area contributed by atoms with Crippen molar-refractivity contribution in [3.8, 4) is 5.69 Å². The van der Waals surface area contributed by atoms with Gasteiger partial charge in [-0.05, 0) is 78.1 Å². The van der Waals surface area contributed by atoms with Crippen LogP contribution in [0.25, 0.3) is 5.69 Å². The van der Waals surface area contributed by atoms with Gasteiger partial charge in [-0.2, -0.15) is 9.40 Å². The number of sulfonamides is 1. The highest BCUT2D eigenvalue weighted by atomic mass is 32.2. The summed E-state index contributed by atoms with van der Waals surface area (Å²) in [6.07, 6.45) is 4.30. The summed E-state index contributed by atoms with van der Waals surface area (Å²) in [7, 11) is -3.64. The molecule has 6 rings (SSSR count). The average molecular weight is 567 g/mol. The van der Waals surface area contributed by atoms with E-state index in [4.69, 9.17) is 9.84 Å². The summed E-state index contributed by atoms with van der Waals surface area (Å²) < 4.78 is 50.8. The monoisotopic (exact) mass is 566 g/mol. The number of aromatic nitrogens is 2. The summed E-state index contributed by atoms with van der Waals surface area (Å²) >= 11 is 0. The van der Waals surface area contributed by atoms with Crippen molar-refractivity contribution in [2.45, 2.75) is 50.3 Å². The number of hydrogen-bond donors (Lipinski definition) is 0. The topological polar surface area (TPSA) is 67.7 Å². The molecule has 0 N–H and O–H groups in total. The number of nitrogens with zero attached hydrogens (tertiary/aromatic N) is 4. The number of rotatable bonds is 5. The number of piperidine rings is 1. The molecule has 0 bridgehead atoms. The Bertz CT molecular complexity index is 1460. The number of ether oxygens (including phenoxy) is 1. The summed E-state index contributed by atoms with van der Waals surface area (Å²) in [6, 6.07) is 13.9. The minimum Gasteiger partial charge on any atom is -0.379 e. The summed E-state index contributed by atoms with van der Waals surface area (Å²) in [6.45, 7) is 11.3. The van der Waals surface area contributed by atoms with Gasteiger partial charge < -0.3 is 4.74 Å². The Balaban J connectivity index is 1.32. The van der Waals surface area contributed by atoms with E-state index in [1.54, 1.807) is 28.6 Å². The van der Waals surface area contributed by atoms with Gasteiger partial charge >= 0.3 is 0 Å². The van der Waals surface area contributed by atoms with E-state index >= 15 is 0 Å². The minimum atomic E-state index is -3.64. The Hall–Kier alpha value is -2.59. The molecule has 40 heavy (non-hydrogen) atoms. The van der Waals surface area contributed by atoms with Crippen LogP contribution < -0.4 is 0 Å². The lowest BCUT2D eigenvalue weighted by molar-refractivity contribution is -0.0231. The second-order valence-electron chi connectivity index (χ2n) is 12.7. The van der Waals surface area contributed by atoms with Gasteiger partial charge in [0.25, 0.3) is 0 Å². The molecule has 9 heteroatoms. The van der Waals surface area contributed by atoms with Gasteiger partial charge in [-0.25, -0.2) is 17.5 Å². The lowest BCUT2D eigenvalue weighted by Crippen LogP contribution is -2.59. The molecule has 3 heterocycles. The van der Waals surface area contributed by atoms with Crippen molar-refractivity contribution in [2.24, 2.45) is 11.3 Å². The van der Waals surface area contributed by atoms with Crippen molar-refractivity contribution >= 4 is 10.0 Å². The van der Waals surface area contributed by atoms with Gasteiger partial charge in [0.1, 0.15) is 5.82 Å². The molecule has 3 aromatic rings. The maximum Gasteiger partial charge on any atom is 0.243 e. The molecule has 7 nitrogen and oxygen atoms in total. The van der Waals surface area contributed by atoms with Crippen molar-refractivity contribution in [1.82, 2.24) is 19.0 Å². The van der Waals surface area contributed by atoms with E-state index < -0.39 is 10.0 Å². The maximum absolute atomic E-state index is 14.0. The fourth-order valence-corrected chi connectivity index (χ4v) is 8.35. The first-order valence-corrected chi connectivity index (χ1v) is 15.7. The SMILES string of the molecule is CC(C)(C)c1ccc(S(=O)(=O)N2CC[C@H]3Cc4c(cnn4-c4ccc(F)cc4)C[C@]3(CN3CCOCC3)C2)cc1. The molecule has 2 atom stereocenters. The molecular formula is C31H39FN4O3S. The molecule has 1 aromatic heterocycles. The molecule has 1 aliphatic carbocycles. The Kier molecular flexibility index (Phi) is 7.14. The summed E-state index contributed by atoms with van der Waals surface area (Å²) in [5.74, 6) is 0.0457. The van der Waals surface area contributed by atoms with E-state index in [2.05, 4.69) is 25.7 Å².